The van der Waals surface area contributed by atoms with Crippen LogP contribution >= 0.6 is 0 Å². The van der Waals surface area contributed by atoms with Crippen LogP contribution in [-0.2, 0) is 11.2 Å². The summed E-state index contributed by atoms with van der Waals surface area (Å²) in [6, 6.07) is 6.33. The molecule has 1 saturated carbocycles. The first-order valence-electron chi connectivity index (χ1n) is 10.9. The minimum atomic E-state index is 0.244. The van der Waals surface area contributed by atoms with Crippen LogP contribution in [0.5, 0.6) is 0 Å². The summed E-state index contributed by atoms with van der Waals surface area (Å²) in [4.78, 5) is 15.5. The van der Waals surface area contributed by atoms with E-state index in [9.17, 15) is 0 Å². The molecule has 0 unspecified atom stereocenters. The molecule has 8 heteroatoms. The SMILES string of the molecule is CO[C@@H]1C[C@H]2CN(CCCc3cnc4ncnn4c3)C[C@H]2C[C@H]1Nc1ccccn1. The van der Waals surface area contributed by atoms with Gasteiger partial charge in [-0.2, -0.15) is 10.1 Å². The highest BCUT2D eigenvalue weighted by Crippen LogP contribution is 2.38. The molecule has 0 radical (unpaired) electrons. The van der Waals surface area contributed by atoms with E-state index in [1.54, 1.807) is 10.8 Å². The number of methoxy groups -OCH3 is 1. The number of ether oxygens (including phenoxy) is 1. The van der Waals surface area contributed by atoms with Crippen LogP contribution < -0.4 is 5.32 Å². The zero-order chi connectivity index (χ0) is 20.3. The average molecular weight is 408 g/mol. The predicted octanol–water partition coefficient (Wildman–Crippen LogP) is 2.29. The van der Waals surface area contributed by atoms with Gasteiger partial charge < -0.3 is 15.0 Å². The second-order valence-corrected chi connectivity index (χ2v) is 8.56. The van der Waals surface area contributed by atoms with Gasteiger partial charge in [0.25, 0.3) is 5.78 Å². The zero-order valence-electron chi connectivity index (χ0n) is 17.4. The minimum Gasteiger partial charge on any atom is -0.379 e. The monoisotopic (exact) mass is 407 g/mol. The van der Waals surface area contributed by atoms with Gasteiger partial charge in [0.1, 0.15) is 12.1 Å². The number of aromatic nitrogens is 5. The molecule has 1 N–H and O–H groups in total. The molecule has 5 rings (SSSR count). The molecule has 2 aliphatic rings. The van der Waals surface area contributed by atoms with Crippen molar-refractivity contribution in [2.45, 2.75) is 37.8 Å². The molecule has 4 heterocycles. The van der Waals surface area contributed by atoms with Crippen molar-refractivity contribution < 1.29 is 4.74 Å². The van der Waals surface area contributed by atoms with Gasteiger partial charge in [0.05, 0.1) is 12.1 Å². The fourth-order valence-electron chi connectivity index (χ4n) is 5.14. The number of hydrogen-bond donors (Lipinski definition) is 1. The molecule has 0 bridgehead atoms. The largest absolute Gasteiger partial charge is 0.379 e. The van der Waals surface area contributed by atoms with Crippen LogP contribution in [0, 0.1) is 11.8 Å². The second kappa shape index (κ2) is 8.65. The normalized spacial score (nSPS) is 26.7. The lowest BCUT2D eigenvalue weighted by molar-refractivity contribution is 0.0304. The fraction of sp³-hybridized carbons (Fsp3) is 0.545. The number of nitrogens with zero attached hydrogens (tertiary/aromatic N) is 6. The summed E-state index contributed by atoms with van der Waals surface area (Å²) in [7, 11) is 1.84. The van der Waals surface area contributed by atoms with Crippen molar-refractivity contribution in [3.63, 3.8) is 0 Å². The lowest BCUT2D eigenvalue weighted by Crippen LogP contribution is -2.44. The molecule has 1 aliphatic carbocycles. The van der Waals surface area contributed by atoms with E-state index in [2.05, 4.69) is 30.3 Å². The quantitative estimate of drug-likeness (QED) is 0.644. The first-order valence-corrected chi connectivity index (χ1v) is 10.9. The minimum absolute atomic E-state index is 0.244. The molecule has 158 valence electrons. The Morgan fingerprint density at radius 3 is 2.87 bits per heavy atom. The van der Waals surface area contributed by atoms with Crippen molar-refractivity contribution in [1.29, 1.82) is 0 Å². The van der Waals surface area contributed by atoms with E-state index in [1.165, 1.54) is 18.7 Å². The maximum Gasteiger partial charge on any atom is 0.252 e. The molecule has 0 spiro atoms. The Labute approximate surface area is 176 Å². The maximum absolute atomic E-state index is 5.86. The van der Waals surface area contributed by atoms with Crippen molar-refractivity contribution >= 4 is 11.6 Å². The van der Waals surface area contributed by atoms with Crippen molar-refractivity contribution in [3.8, 4) is 0 Å². The van der Waals surface area contributed by atoms with E-state index in [4.69, 9.17) is 4.74 Å². The number of fused-ring (bicyclic) bond motifs is 2. The van der Waals surface area contributed by atoms with Gasteiger partial charge in [0, 0.05) is 38.8 Å². The van der Waals surface area contributed by atoms with Crippen LogP contribution in [0.2, 0.25) is 0 Å². The molecule has 8 nitrogen and oxygen atoms in total. The highest BCUT2D eigenvalue weighted by atomic mass is 16.5. The van der Waals surface area contributed by atoms with Crippen LogP contribution in [0.4, 0.5) is 5.82 Å². The van der Waals surface area contributed by atoms with Crippen molar-refractivity contribution in [1.82, 2.24) is 29.5 Å². The molecule has 30 heavy (non-hydrogen) atoms. The van der Waals surface area contributed by atoms with E-state index in [0.29, 0.717) is 11.8 Å². The Morgan fingerprint density at radius 1 is 1.13 bits per heavy atom. The molecular formula is C22H29N7O. The van der Waals surface area contributed by atoms with Crippen LogP contribution in [0.3, 0.4) is 0 Å². The third kappa shape index (κ3) is 4.15. The average Bonchev–Trinajstić information content (AvgIpc) is 3.39. The van der Waals surface area contributed by atoms with Crippen LogP contribution in [0.1, 0.15) is 24.8 Å². The third-order valence-corrected chi connectivity index (χ3v) is 6.62. The summed E-state index contributed by atoms with van der Waals surface area (Å²) in [5, 5.41) is 7.79. The smallest absolute Gasteiger partial charge is 0.252 e. The second-order valence-electron chi connectivity index (χ2n) is 8.56. The zero-order valence-corrected chi connectivity index (χ0v) is 17.4. The van der Waals surface area contributed by atoms with Gasteiger partial charge in [-0.05, 0) is 61.8 Å². The first-order chi connectivity index (χ1) is 14.8. The van der Waals surface area contributed by atoms with Gasteiger partial charge in [0.15, 0.2) is 0 Å². The molecule has 1 aliphatic heterocycles. The van der Waals surface area contributed by atoms with Gasteiger partial charge in [-0.25, -0.2) is 14.5 Å². The van der Waals surface area contributed by atoms with Gasteiger partial charge in [-0.1, -0.05) is 6.07 Å². The number of hydrogen-bond acceptors (Lipinski definition) is 7. The molecule has 4 atom stereocenters. The van der Waals surface area contributed by atoms with Gasteiger partial charge in [-0.15, -0.1) is 0 Å². The number of rotatable bonds is 7. The fourth-order valence-corrected chi connectivity index (χ4v) is 5.14. The third-order valence-electron chi connectivity index (χ3n) is 6.62. The van der Waals surface area contributed by atoms with Crippen LogP contribution in [0.15, 0.2) is 43.1 Å². The maximum atomic E-state index is 5.86. The highest BCUT2D eigenvalue weighted by molar-refractivity contribution is 5.35. The topological polar surface area (TPSA) is 80.5 Å². The van der Waals surface area contributed by atoms with E-state index in [1.807, 2.05) is 43.9 Å². The molecule has 1 saturated heterocycles. The number of nitrogens with one attached hydrogen (secondary N) is 1. The van der Waals surface area contributed by atoms with E-state index >= 15 is 0 Å². The molecule has 2 fully saturated rings. The van der Waals surface area contributed by atoms with Crippen molar-refractivity contribution in [2.24, 2.45) is 11.8 Å². The van der Waals surface area contributed by atoms with Crippen LogP contribution in [0.25, 0.3) is 5.78 Å². The lowest BCUT2D eigenvalue weighted by atomic mass is 9.77. The van der Waals surface area contributed by atoms with Gasteiger partial charge in [-0.3, -0.25) is 0 Å². The summed E-state index contributed by atoms with van der Waals surface area (Å²) < 4.78 is 7.61. The van der Waals surface area contributed by atoms with E-state index in [-0.39, 0.29) is 6.10 Å². The Balaban J connectivity index is 1.14. The summed E-state index contributed by atoms with van der Waals surface area (Å²) in [6.07, 6.45) is 12.0. The van der Waals surface area contributed by atoms with Gasteiger partial charge in [0.2, 0.25) is 0 Å². The Kier molecular flexibility index (Phi) is 5.59. The molecule has 0 aromatic carbocycles. The Hall–Kier alpha value is -2.58. The molecular weight excluding hydrogens is 378 g/mol. The number of anilines is 1. The molecule has 0 amide bonds. The molecule has 3 aromatic rings. The van der Waals surface area contributed by atoms with Gasteiger partial charge >= 0.3 is 0 Å². The van der Waals surface area contributed by atoms with Crippen molar-refractivity contribution in [2.75, 3.05) is 32.1 Å². The number of aryl methyl sites for hydroxylation is 1. The Morgan fingerprint density at radius 2 is 2.03 bits per heavy atom. The lowest BCUT2D eigenvalue weighted by Gasteiger charge is -2.37. The van der Waals surface area contributed by atoms with E-state index < -0.39 is 0 Å². The highest BCUT2D eigenvalue weighted by Gasteiger charge is 2.42. The first kappa shape index (κ1) is 19.4. The predicted molar refractivity (Wildman–Crippen MR) is 114 cm³/mol. The summed E-state index contributed by atoms with van der Waals surface area (Å²) in [5.41, 5.74) is 1.21. The number of pyridine rings is 1. The standard InChI is InChI=1S/C22H29N7O/c1-30-20-10-18-14-28(8-4-5-16-11-24-22-25-15-26-29(22)12-16)13-17(18)9-19(20)27-21-6-2-3-7-23-21/h2-3,6-7,11-12,15,17-20H,4-5,8-10,13-14H2,1H3,(H,23,27)/t17-,18+,19-,20-/m1/s1. The summed E-state index contributed by atoms with van der Waals surface area (Å²) >= 11 is 0. The summed E-state index contributed by atoms with van der Waals surface area (Å²) in [6.45, 7) is 3.49. The Bertz CT molecular complexity index is 962. The van der Waals surface area contributed by atoms with Crippen LogP contribution in [-0.4, -0.2) is 68.4 Å². The van der Waals surface area contributed by atoms with Crippen molar-refractivity contribution in [3.05, 3.63) is 48.7 Å². The van der Waals surface area contributed by atoms with E-state index in [0.717, 1.165) is 49.9 Å². The number of likely N-dealkylation sites (tertiary alicyclic amines) is 1. The summed E-state index contributed by atoms with van der Waals surface area (Å²) in [5.74, 6) is 3.05. The molecule has 3 aromatic heterocycles.